The smallest absolute Gasteiger partial charge is 0.408 e. The van der Waals surface area contributed by atoms with Crippen molar-refractivity contribution in [1.82, 2.24) is 5.32 Å². The summed E-state index contributed by atoms with van der Waals surface area (Å²) >= 11 is 0. The van der Waals surface area contributed by atoms with Gasteiger partial charge in [-0.1, -0.05) is 0 Å². The van der Waals surface area contributed by atoms with Crippen LogP contribution in [0.3, 0.4) is 0 Å². The molecule has 2 aliphatic carbocycles. The van der Waals surface area contributed by atoms with E-state index in [9.17, 15) is 14.7 Å². The fraction of sp³-hybridized carbons (Fsp3) is 0.833. The molecule has 17 heavy (non-hydrogen) atoms. The van der Waals surface area contributed by atoms with Crippen LogP contribution in [0.2, 0.25) is 0 Å². The van der Waals surface area contributed by atoms with Gasteiger partial charge in [-0.05, 0) is 51.9 Å². The van der Waals surface area contributed by atoms with Gasteiger partial charge in [-0.2, -0.15) is 0 Å². The van der Waals surface area contributed by atoms with Gasteiger partial charge in [0.25, 0.3) is 0 Å². The van der Waals surface area contributed by atoms with E-state index in [0.717, 1.165) is 12.8 Å². The molecule has 0 aromatic rings. The quantitative estimate of drug-likeness (QED) is 0.789. The number of carbonyl (C=O) groups is 2. The van der Waals surface area contributed by atoms with E-state index in [1.54, 1.807) is 20.8 Å². The molecule has 0 heterocycles. The Hall–Kier alpha value is -1.26. The third-order valence-corrected chi connectivity index (χ3v) is 3.31. The summed E-state index contributed by atoms with van der Waals surface area (Å²) in [5.74, 6) is -0.381. The lowest BCUT2D eigenvalue weighted by molar-refractivity contribution is -0.141. The Kier molecular flexibility index (Phi) is 2.60. The van der Waals surface area contributed by atoms with Crippen molar-refractivity contribution in [3.63, 3.8) is 0 Å². The molecular weight excluding hydrogens is 222 g/mol. The Bertz CT molecular complexity index is 356. The van der Waals surface area contributed by atoms with Gasteiger partial charge in [0.2, 0.25) is 0 Å². The summed E-state index contributed by atoms with van der Waals surface area (Å²) in [4.78, 5) is 22.9. The molecule has 2 rings (SSSR count). The summed E-state index contributed by atoms with van der Waals surface area (Å²) in [6.45, 7) is 5.27. The average Bonchev–Trinajstić information content (AvgIpc) is 2.90. The number of hydrogen-bond donors (Lipinski definition) is 2. The molecule has 0 spiro atoms. The van der Waals surface area contributed by atoms with Crippen molar-refractivity contribution in [3.05, 3.63) is 0 Å². The molecule has 2 saturated carbocycles. The van der Waals surface area contributed by atoms with E-state index in [1.807, 2.05) is 0 Å². The highest BCUT2D eigenvalue weighted by molar-refractivity contribution is 5.88. The van der Waals surface area contributed by atoms with Crippen LogP contribution in [-0.4, -0.2) is 28.3 Å². The second kappa shape index (κ2) is 3.62. The Morgan fingerprint density at radius 3 is 2.35 bits per heavy atom. The first-order valence-electron chi connectivity index (χ1n) is 5.99. The zero-order valence-electron chi connectivity index (χ0n) is 10.4. The molecule has 2 N–H and O–H groups in total. The van der Waals surface area contributed by atoms with E-state index in [1.165, 1.54) is 0 Å². The number of nitrogens with one attached hydrogen (secondary N) is 1. The average molecular weight is 241 g/mol. The summed E-state index contributed by atoms with van der Waals surface area (Å²) in [7, 11) is 0. The van der Waals surface area contributed by atoms with Crippen molar-refractivity contribution in [1.29, 1.82) is 0 Å². The van der Waals surface area contributed by atoms with E-state index < -0.39 is 23.2 Å². The lowest BCUT2D eigenvalue weighted by Crippen LogP contribution is -2.47. The molecule has 1 amide bonds. The van der Waals surface area contributed by atoms with Gasteiger partial charge >= 0.3 is 12.1 Å². The second-order valence-electron chi connectivity index (χ2n) is 6.05. The summed E-state index contributed by atoms with van der Waals surface area (Å²) in [5.41, 5.74) is -1.67. The van der Waals surface area contributed by atoms with Gasteiger partial charge in [-0.25, -0.2) is 9.59 Å². The maximum Gasteiger partial charge on any atom is 0.408 e. The molecule has 0 aliphatic heterocycles. The normalized spacial score (nSPS) is 31.8. The number of rotatable bonds is 3. The van der Waals surface area contributed by atoms with Crippen molar-refractivity contribution in [2.45, 2.75) is 51.2 Å². The topological polar surface area (TPSA) is 75.6 Å². The molecule has 2 aliphatic rings. The van der Waals surface area contributed by atoms with Crippen LogP contribution in [-0.2, 0) is 9.53 Å². The van der Waals surface area contributed by atoms with Crippen LogP contribution in [0.15, 0.2) is 0 Å². The first kappa shape index (κ1) is 12.2. The number of amides is 1. The highest BCUT2D eigenvalue weighted by Crippen LogP contribution is 2.57. The summed E-state index contributed by atoms with van der Waals surface area (Å²) < 4.78 is 5.10. The van der Waals surface area contributed by atoms with Crippen LogP contribution in [0.5, 0.6) is 0 Å². The van der Waals surface area contributed by atoms with Crippen LogP contribution < -0.4 is 5.32 Å². The fourth-order valence-electron chi connectivity index (χ4n) is 2.28. The van der Waals surface area contributed by atoms with Crippen molar-refractivity contribution >= 4 is 12.1 Å². The standard InChI is InChI=1S/C12H19NO4/c1-11(2,3)17-10(16)13-12(9(14)15)6-8(12)7-4-5-7/h7-8H,4-6H2,1-3H3,(H,13,16)(H,14,15)/t8-,12+/m1/s1. The Morgan fingerprint density at radius 2 is 1.94 bits per heavy atom. The Balaban J connectivity index is 1.96. The molecule has 5 nitrogen and oxygen atoms in total. The summed E-state index contributed by atoms with van der Waals surface area (Å²) in [6, 6.07) is 0. The maximum atomic E-state index is 11.6. The molecule has 0 saturated heterocycles. The molecule has 0 aromatic heterocycles. The van der Waals surface area contributed by atoms with Crippen LogP contribution in [0.4, 0.5) is 4.79 Å². The number of hydrogen-bond acceptors (Lipinski definition) is 3. The van der Waals surface area contributed by atoms with Gasteiger partial charge in [-0.3, -0.25) is 0 Å². The summed E-state index contributed by atoms with van der Waals surface area (Å²) in [6.07, 6.45) is 2.06. The van der Waals surface area contributed by atoms with Gasteiger partial charge in [0, 0.05) is 0 Å². The SMILES string of the molecule is CC(C)(C)OC(=O)N[C@@]1(C(=O)O)C[C@@H]1C1CC1. The van der Waals surface area contributed by atoms with E-state index in [-0.39, 0.29) is 5.92 Å². The fourth-order valence-corrected chi connectivity index (χ4v) is 2.28. The van der Waals surface area contributed by atoms with E-state index in [0.29, 0.717) is 12.3 Å². The highest BCUT2D eigenvalue weighted by Gasteiger charge is 2.66. The monoisotopic (exact) mass is 241 g/mol. The largest absolute Gasteiger partial charge is 0.479 e. The minimum atomic E-state index is -1.07. The zero-order chi connectivity index (χ0) is 12.8. The number of carbonyl (C=O) groups excluding carboxylic acids is 1. The first-order valence-corrected chi connectivity index (χ1v) is 5.99. The summed E-state index contributed by atoms with van der Waals surface area (Å²) in [5, 5.41) is 11.8. The first-order chi connectivity index (χ1) is 7.74. The Labute approximate surface area is 101 Å². The van der Waals surface area contributed by atoms with Gasteiger partial charge in [0.05, 0.1) is 0 Å². The third-order valence-electron chi connectivity index (χ3n) is 3.31. The molecule has 0 aromatic carbocycles. The zero-order valence-corrected chi connectivity index (χ0v) is 10.4. The number of carboxylic acid groups (broad SMARTS) is 1. The minimum absolute atomic E-state index is 0.0903. The Morgan fingerprint density at radius 1 is 1.35 bits per heavy atom. The number of aliphatic carboxylic acids is 1. The van der Waals surface area contributed by atoms with Gasteiger partial charge in [0.15, 0.2) is 0 Å². The van der Waals surface area contributed by atoms with Crippen LogP contribution in [0.1, 0.15) is 40.0 Å². The van der Waals surface area contributed by atoms with Gasteiger partial charge in [-0.15, -0.1) is 0 Å². The molecule has 5 heteroatoms. The lowest BCUT2D eigenvalue weighted by Gasteiger charge is -2.22. The maximum absolute atomic E-state index is 11.6. The molecule has 0 radical (unpaired) electrons. The van der Waals surface area contributed by atoms with Crippen LogP contribution >= 0.6 is 0 Å². The molecule has 0 bridgehead atoms. The number of ether oxygens (including phenoxy) is 1. The lowest BCUT2D eigenvalue weighted by atomic mass is 10.1. The molecule has 2 atom stereocenters. The second-order valence-corrected chi connectivity index (χ2v) is 6.05. The predicted octanol–water partition coefficient (Wildman–Crippen LogP) is 1.76. The number of carboxylic acids is 1. The predicted molar refractivity (Wildman–Crippen MR) is 60.6 cm³/mol. The van der Waals surface area contributed by atoms with Crippen molar-refractivity contribution in [2.75, 3.05) is 0 Å². The number of alkyl carbamates (subject to hydrolysis) is 1. The van der Waals surface area contributed by atoms with Crippen molar-refractivity contribution in [2.24, 2.45) is 11.8 Å². The van der Waals surface area contributed by atoms with Gasteiger partial charge in [0.1, 0.15) is 11.1 Å². The van der Waals surface area contributed by atoms with Crippen LogP contribution in [0.25, 0.3) is 0 Å². The van der Waals surface area contributed by atoms with Crippen molar-refractivity contribution in [3.8, 4) is 0 Å². The van der Waals surface area contributed by atoms with E-state index in [4.69, 9.17) is 4.74 Å². The van der Waals surface area contributed by atoms with Crippen LogP contribution in [0, 0.1) is 11.8 Å². The van der Waals surface area contributed by atoms with E-state index in [2.05, 4.69) is 5.32 Å². The minimum Gasteiger partial charge on any atom is -0.479 e. The molecule has 96 valence electrons. The molecular formula is C12H19NO4. The third kappa shape index (κ3) is 2.53. The molecule has 0 unspecified atom stereocenters. The van der Waals surface area contributed by atoms with Crippen molar-refractivity contribution < 1.29 is 19.4 Å². The van der Waals surface area contributed by atoms with E-state index >= 15 is 0 Å². The molecule has 2 fully saturated rings. The van der Waals surface area contributed by atoms with Gasteiger partial charge < -0.3 is 15.2 Å². The highest BCUT2D eigenvalue weighted by atomic mass is 16.6.